The highest BCUT2D eigenvalue weighted by atomic mass is 35.5. The molecule has 0 aromatic carbocycles. The Hall–Kier alpha value is -0.850. The number of carbonyl (C=O) groups excluding carboxylic acids is 1. The highest BCUT2D eigenvalue weighted by Gasteiger charge is 2.30. The Morgan fingerprint density at radius 3 is 2.91 bits per heavy atom. The lowest BCUT2D eigenvalue weighted by atomic mass is 10.0. The number of carbonyl (C=O) groups is 1. The zero-order chi connectivity index (χ0) is 14.8. The lowest BCUT2D eigenvalue weighted by Gasteiger charge is -2.36. The van der Waals surface area contributed by atoms with Crippen molar-refractivity contribution >= 4 is 52.9 Å². The number of halogens is 3. The van der Waals surface area contributed by atoms with Crippen LogP contribution in [0.1, 0.15) is 22.0 Å². The van der Waals surface area contributed by atoms with E-state index in [0.717, 1.165) is 12.1 Å². The number of rotatable bonds is 2. The van der Waals surface area contributed by atoms with Crippen LogP contribution >= 0.6 is 46.9 Å². The van der Waals surface area contributed by atoms with Crippen molar-refractivity contribution in [3.8, 4) is 0 Å². The number of hydrogen-bond acceptors (Lipinski definition) is 4. The summed E-state index contributed by atoms with van der Waals surface area (Å²) in [6.07, 6.45) is 3.52. The van der Waals surface area contributed by atoms with Gasteiger partial charge in [-0.15, -0.1) is 23.7 Å². The van der Waals surface area contributed by atoms with Gasteiger partial charge in [0.2, 0.25) is 0 Å². The van der Waals surface area contributed by atoms with Crippen LogP contribution in [-0.2, 0) is 0 Å². The molecule has 0 radical (unpaired) electrons. The Bertz CT molecular complexity index is 650. The zero-order valence-electron chi connectivity index (χ0n) is 11.5. The van der Waals surface area contributed by atoms with E-state index in [-0.39, 0.29) is 24.4 Å². The number of nitrogens with one attached hydrogen (secondary N) is 1. The molecule has 1 N–H and O–H groups in total. The molecule has 0 saturated carbocycles. The van der Waals surface area contributed by atoms with Crippen LogP contribution in [-0.4, -0.2) is 35.4 Å². The van der Waals surface area contributed by atoms with Crippen molar-refractivity contribution in [2.24, 2.45) is 0 Å². The van der Waals surface area contributed by atoms with Crippen molar-refractivity contribution in [2.45, 2.75) is 6.04 Å². The average molecular weight is 379 g/mol. The van der Waals surface area contributed by atoms with Crippen LogP contribution in [0.2, 0.25) is 8.67 Å². The normalized spacial score (nSPS) is 17.9. The summed E-state index contributed by atoms with van der Waals surface area (Å²) >= 11 is 13.3. The molecule has 1 saturated heterocycles. The molecule has 3 heterocycles. The molecule has 4 nitrogen and oxygen atoms in total. The van der Waals surface area contributed by atoms with E-state index >= 15 is 0 Å². The van der Waals surface area contributed by atoms with Gasteiger partial charge in [0.15, 0.2) is 0 Å². The highest BCUT2D eigenvalue weighted by Crippen LogP contribution is 2.33. The number of hydrogen-bond donors (Lipinski definition) is 1. The zero-order valence-corrected chi connectivity index (χ0v) is 14.6. The van der Waals surface area contributed by atoms with Gasteiger partial charge in [0.1, 0.15) is 4.34 Å². The Kier molecular flexibility index (Phi) is 6.06. The van der Waals surface area contributed by atoms with Crippen LogP contribution in [0.5, 0.6) is 0 Å². The molecule has 2 aromatic heterocycles. The minimum atomic E-state index is -0.0847. The smallest absolute Gasteiger partial charge is 0.256 e. The molecule has 2 aromatic rings. The summed E-state index contributed by atoms with van der Waals surface area (Å²) in [4.78, 5) is 18.7. The van der Waals surface area contributed by atoms with Crippen LogP contribution in [0, 0.1) is 0 Å². The number of piperazine rings is 1. The molecule has 0 bridgehead atoms. The molecule has 1 fully saturated rings. The first kappa shape index (κ1) is 17.5. The fourth-order valence-corrected chi connectivity index (χ4v) is 3.91. The van der Waals surface area contributed by atoms with Gasteiger partial charge < -0.3 is 10.2 Å². The maximum atomic E-state index is 12.8. The van der Waals surface area contributed by atoms with Gasteiger partial charge in [-0.3, -0.25) is 9.78 Å². The van der Waals surface area contributed by atoms with Crippen molar-refractivity contribution in [1.82, 2.24) is 15.2 Å². The summed E-state index contributed by atoms with van der Waals surface area (Å²) in [6.45, 7) is 2.09. The topological polar surface area (TPSA) is 45.2 Å². The maximum Gasteiger partial charge on any atom is 0.256 e. The molecular weight excluding hydrogens is 365 g/mol. The first-order chi connectivity index (χ1) is 10.2. The van der Waals surface area contributed by atoms with Crippen molar-refractivity contribution in [3.05, 3.63) is 50.4 Å². The van der Waals surface area contributed by atoms with E-state index in [4.69, 9.17) is 23.2 Å². The second kappa shape index (κ2) is 7.62. The molecule has 0 spiro atoms. The van der Waals surface area contributed by atoms with Gasteiger partial charge in [-0.2, -0.15) is 0 Å². The van der Waals surface area contributed by atoms with Gasteiger partial charge in [0.05, 0.1) is 15.9 Å². The highest BCUT2D eigenvalue weighted by molar-refractivity contribution is 7.20. The third-order valence-corrected chi connectivity index (χ3v) is 4.95. The molecule has 1 aliphatic heterocycles. The van der Waals surface area contributed by atoms with Crippen molar-refractivity contribution in [1.29, 1.82) is 0 Å². The summed E-state index contributed by atoms with van der Waals surface area (Å²) in [5.74, 6) is -0.0847. The number of pyridine rings is 1. The molecule has 3 rings (SSSR count). The van der Waals surface area contributed by atoms with Crippen molar-refractivity contribution in [2.75, 3.05) is 19.6 Å². The third kappa shape index (κ3) is 3.55. The monoisotopic (exact) mass is 377 g/mol. The maximum absolute atomic E-state index is 12.8. The van der Waals surface area contributed by atoms with E-state index in [9.17, 15) is 4.79 Å². The van der Waals surface area contributed by atoms with Gasteiger partial charge in [0.25, 0.3) is 5.91 Å². The Balaban J connectivity index is 0.00000176. The predicted octanol–water partition coefficient (Wildman–Crippen LogP) is 3.66. The number of aromatic nitrogens is 1. The summed E-state index contributed by atoms with van der Waals surface area (Å²) in [5, 5.41) is 3.31. The summed E-state index contributed by atoms with van der Waals surface area (Å²) in [5.41, 5.74) is 1.48. The largest absolute Gasteiger partial charge is 0.329 e. The number of nitrogens with zero attached hydrogens (tertiary/aromatic N) is 2. The number of thiophene rings is 1. The Morgan fingerprint density at radius 1 is 1.45 bits per heavy atom. The van der Waals surface area contributed by atoms with Crippen LogP contribution in [0.4, 0.5) is 0 Å². The lowest BCUT2D eigenvalue weighted by molar-refractivity contribution is 0.0634. The molecule has 22 heavy (non-hydrogen) atoms. The van der Waals surface area contributed by atoms with Gasteiger partial charge in [-0.25, -0.2) is 0 Å². The standard InChI is InChI=1S/C14H13Cl2N3OS.ClH/c15-12-6-10(13(16)21-12)14(20)19-5-4-18-8-11(19)9-2-1-3-17-7-9;/h1-3,6-7,11,18H,4-5,8H2;1H. The quantitative estimate of drug-likeness (QED) is 0.867. The van der Waals surface area contributed by atoms with E-state index in [1.165, 1.54) is 11.3 Å². The fourth-order valence-electron chi connectivity index (χ4n) is 2.46. The van der Waals surface area contributed by atoms with E-state index in [1.807, 2.05) is 17.0 Å². The Labute approximate surface area is 148 Å². The van der Waals surface area contributed by atoms with Crippen LogP contribution in [0.3, 0.4) is 0 Å². The second-order valence-electron chi connectivity index (χ2n) is 4.74. The van der Waals surface area contributed by atoms with Crippen molar-refractivity contribution in [3.63, 3.8) is 0 Å². The molecular formula is C14H14Cl3N3OS. The SMILES string of the molecule is Cl.O=C(c1cc(Cl)sc1Cl)N1CCNCC1c1cccnc1. The van der Waals surface area contributed by atoms with Gasteiger partial charge >= 0.3 is 0 Å². The van der Waals surface area contributed by atoms with Crippen LogP contribution < -0.4 is 5.32 Å². The molecule has 118 valence electrons. The second-order valence-corrected chi connectivity index (χ2v) is 7.03. The van der Waals surface area contributed by atoms with Gasteiger partial charge in [0, 0.05) is 32.0 Å². The third-order valence-electron chi connectivity index (χ3n) is 3.46. The molecule has 0 aliphatic carbocycles. The predicted molar refractivity (Wildman–Crippen MR) is 92.5 cm³/mol. The lowest BCUT2D eigenvalue weighted by Crippen LogP contribution is -2.48. The first-order valence-corrected chi connectivity index (χ1v) is 8.10. The number of amides is 1. The minimum Gasteiger partial charge on any atom is -0.329 e. The Morgan fingerprint density at radius 2 is 2.27 bits per heavy atom. The first-order valence-electron chi connectivity index (χ1n) is 6.53. The fraction of sp³-hybridized carbons (Fsp3) is 0.286. The van der Waals surface area contributed by atoms with E-state index in [1.54, 1.807) is 18.5 Å². The van der Waals surface area contributed by atoms with Crippen LogP contribution in [0.25, 0.3) is 0 Å². The van der Waals surface area contributed by atoms with Gasteiger partial charge in [-0.1, -0.05) is 29.3 Å². The summed E-state index contributed by atoms with van der Waals surface area (Å²) < 4.78 is 0.963. The molecule has 1 aliphatic rings. The van der Waals surface area contributed by atoms with Gasteiger partial charge in [-0.05, 0) is 17.7 Å². The molecule has 1 amide bonds. The summed E-state index contributed by atoms with van der Waals surface area (Å²) in [7, 11) is 0. The molecule has 8 heteroatoms. The summed E-state index contributed by atoms with van der Waals surface area (Å²) in [6, 6.07) is 5.45. The molecule has 1 atom stereocenters. The minimum absolute atomic E-state index is 0. The van der Waals surface area contributed by atoms with E-state index in [0.29, 0.717) is 27.3 Å². The average Bonchev–Trinajstić information content (AvgIpc) is 2.86. The van der Waals surface area contributed by atoms with Crippen molar-refractivity contribution < 1.29 is 4.79 Å². The van der Waals surface area contributed by atoms with E-state index < -0.39 is 0 Å². The van der Waals surface area contributed by atoms with E-state index in [2.05, 4.69) is 10.3 Å². The molecule has 1 unspecified atom stereocenters. The van der Waals surface area contributed by atoms with Crippen LogP contribution in [0.15, 0.2) is 30.6 Å².